The number of ether oxygens (including phenoxy) is 1. The van der Waals surface area contributed by atoms with Gasteiger partial charge in [0, 0.05) is 0 Å². The van der Waals surface area contributed by atoms with Gasteiger partial charge in [-0.1, -0.05) is 11.6 Å². The maximum atomic E-state index is 12.6. The summed E-state index contributed by atoms with van der Waals surface area (Å²) < 4.78 is 9.83. The second kappa shape index (κ2) is 8.52. The van der Waals surface area contributed by atoms with Gasteiger partial charge < -0.3 is 16.2 Å². The summed E-state index contributed by atoms with van der Waals surface area (Å²) >= 11 is 7.55. The normalized spacial score (nSPS) is 11.2. The van der Waals surface area contributed by atoms with Crippen molar-refractivity contribution in [3.8, 4) is 11.1 Å². The maximum Gasteiger partial charge on any atom is 0.361 e. The largest absolute Gasteiger partial charge is 0.448 e. The summed E-state index contributed by atoms with van der Waals surface area (Å²) in [6.45, 7) is 5.61. The molecule has 4 aromatic rings. The predicted molar refractivity (Wildman–Crippen MR) is 122 cm³/mol. The Balaban J connectivity index is 1.70. The van der Waals surface area contributed by atoms with Crippen LogP contribution in [0.1, 0.15) is 30.2 Å². The first-order valence-corrected chi connectivity index (χ1v) is 11.1. The Morgan fingerprint density at radius 1 is 1.19 bits per heavy atom. The number of benzene rings is 1. The first kappa shape index (κ1) is 21.1. The van der Waals surface area contributed by atoms with Gasteiger partial charge in [-0.3, -0.25) is 0 Å². The standard InChI is InChI=1S/C21H21ClN6O2S/c1-3-27-14-6-5-12(13-7-8-31-11-13)9-15(14)28(4-2)16(27)10-30-21(29)17-19(23)26-20(24)18(22)25-17/h5-9,11H,3-4,10H2,1-2H3,(H3-,23,24,26,29)/p+1. The third kappa shape index (κ3) is 3.82. The number of nitrogen functional groups attached to an aromatic ring is 2. The smallest absolute Gasteiger partial charge is 0.361 e. The lowest BCUT2D eigenvalue weighted by atomic mass is 10.1. The zero-order valence-electron chi connectivity index (χ0n) is 17.1. The molecule has 0 unspecified atom stereocenters. The minimum Gasteiger partial charge on any atom is -0.448 e. The number of nitrogens with zero attached hydrogens (tertiary/aromatic N) is 4. The molecule has 0 aliphatic carbocycles. The van der Waals surface area contributed by atoms with Crippen molar-refractivity contribution in [3.63, 3.8) is 0 Å². The van der Waals surface area contributed by atoms with Gasteiger partial charge in [0.15, 0.2) is 40.1 Å². The van der Waals surface area contributed by atoms with Crippen molar-refractivity contribution in [2.24, 2.45) is 0 Å². The van der Waals surface area contributed by atoms with Crippen molar-refractivity contribution >= 4 is 51.6 Å². The second-order valence-corrected chi connectivity index (χ2v) is 7.97. The molecule has 0 bridgehead atoms. The number of esters is 1. The van der Waals surface area contributed by atoms with Crippen molar-refractivity contribution in [1.29, 1.82) is 0 Å². The number of rotatable bonds is 6. The molecule has 0 fully saturated rings. The molecule has 0 saturated heterocycles. The summed E-state index contributed by atoms with van der Waals surface area (Å²) in [4.78, 5) is 20.4. The minimum absolute atomic E-state index is 0.0351. The van der Waals surface area contributed by atoms with Gasteiger partial charge in [-0.25, -0.2) is 23.9 Å². The molecule has 1 aromatic carbocycles. The van der Waals surface area contributed by atoms with Crippen molar-refractivity contribution in [3.05, 3.63) is 51.7 Å². The highest BCUT2D eigenvalue weighted by Crippen LogP contribution is 2.27. The molecule has 0 spiro atoms. The molecule has 4 N–H and O–H groups in total. The third-order valence-electron chi connectivity index (χ3n) is 5.10. The number of carbonyl (C=O) groups excluding carboxylic acids is 1. The lowest BCUT2D eigenvalue weighted by Gasteiger charge is -2.07. The van der Waals surface area contributed by atoms with E-state index in [1.807, 2.05) is 0 Å². The lowest BCUT2D eigenvalue weighted by Crippen LogP contribution is -2.37. The van der Waals surface area contributed by atoms with Crippen LogP contribution in [0, 0.1) is 0 Å². The van der Waals surface area contributed by atoms with E-state index in [0.717, 1.165) is 35.5 Å². The van der Waals surface area contributed by atoms with Crippen LogP contribution >= 0.6 is 22.9 Å². The van der Waals surface area contributed by atoms with Crippen molar-refractivity contribution in [1.82, 2.24) is 14.5 Å². The number of hydrogen-bond donors (Lipinski definition) is 2. The molecular weight excluding hydrogens is 436 g/mol. The third-order valence-corrected chi connectivity index (χ3v) is 6.06. The van der Waals surface area contributed by atoms with Crippen molar-refractivity contribution in [2.75, 3.05) is 11.5 Å². The topological polar surface area (TPSA) is 113 Å². The number of nitrogens with two attached hydrogens (primary N) is 2. The second-order valence-electron chi connectivity index (χ2n) is 6.83. The number of aryl methyl sites for hydroxylation is 2. The monoisotopic (exact) mass is 457 g/mol. The highest BCUT2D eigenvalue weighted by Gasteiger charge is 2.26. The fraction of sp³-hybridized carbons (Fsp3) is 0.238. The van der Waals surface area contributed by atoms with E-state index < -0.39 is 5.97 Å². The fourth-order valence-electron chi connectivity index (χ4n) is 3.65. The molecule has 160 valence electrons. The number of imidazole rings is 1. The molecule has 0 amide bonds. The Morgan fingerprint density at radius 2 is 2.00 bits per heavy atom. The van der Waals surface area contributed by atoms with E-state index in [1.165, 1.54) is 5.56 Å². The van der Waals surface area contributed by atoms with Crippen LogP contribution in [0.2, 0.25) is 5.15 Å². The van der Waals surface area contributed by atoms with E-state index in [-0.39, 0.29) is 29.1 Å². The van der Waals surface area contributed by atoms with Crippen LogP contribution in [0.3, 0.4) is 0 Å². The van der Waals surface area contributed by atoms with E-state index >= 15 is 0 Å². The number of fused-ring (bicyclic) bond motifs is 1. The Hall–Kier alpha value is -3.17. The van der Waals surface area contributed by atoms with Gasteiger partial charge >= 0.3 is 5.97 Å². The summed E-state index contributed by atoms with van der Waals surface area (Å²) in [6.07, 6.45) is 0. The summed E-state index contributed by atoms with van der Waals surface area (Å²) in [7, 11) is 0. The summed E-state index contributed by atoms with van der Waals surface area (Å²) in [5.41, 5.74) is 15.7. The van der Waals surface area contributed by atoms with Gasteiger partial charge in [0.2, 0.25) is 0 Å². The Labute approximate surface area is 188 Å². The molecule has 0 radical (unpaired) electrons. The maximum absolute atomic E-state index is 12.6. The van der Waals surface area contributed by atoms with Crippen LogP contribution in [-0.4, -0.2) is 20.5 Å². The molecule has 0 aliphatic heterocycles. The lowest BCUT2D eigenvalue weighted by molar-refractivity contribution is -0.678. The highest BCUT2D eigenvalue weighted by molar-refractivity contribution is 7.08. The number of aromatic nitrogens is 4. The molecule has 0 aliphatic rings. The SMILES string of the molecule is CCn1c(COC(=O)c2nc(Cl)c(N)nc2N)[n+](CC)c2ccc(-c3ccsc3)cc21. The molecular formula is C21H22ClN6O2S+. The van der Waals surface area contributed by atoms with Crippen molar-refractivity contribution < 1.29 is 14.1 Å². The average Bonchev–Trinajstić information content (AvgIpc) is 3.39. The first-order chi connectivity index (χ1) is 14.9. The Kier molecular flexibility index (Phi) is 5.79. The van der Waals surface area contributed by atoms with Crippen LogP contribution in [0.25, 0.3) is 22.2 Å². The molecule has 8 nitrogen and oxygen atoms in total. The first-order valence-electron chi connectivity index (χ1n) is 9.77. The van der Waals surface area contributed by atoms with Crippen LogP contribution in [0.5, 0.6) is 0 Å². The van der Waals surface area contributed by atoms with Gasteiger partial charge in [-0.2, -0.15) is 11.3 Å². The van der Waals surface area contributed by atoms with Gasteiger partial charge in [0.25, 0.3) is 5.82 Å². The molecule has 3 aromatic heterocycles. The summed E-state index contributed by atoms with van der Waals surface area (Å²) in [5.74, 6) is 0.00380. The number of thiophene rings is 1. The van der Waals surface area contributed by atoms with Crippen LogP contribution in [0.4, 0.5) is 11.6 Å². The number of halogens is 1. The van der Waals surface area contributed by atoms with Gasteiger partial charge in [-0.15, -0.1) is 0 Å². The van der Waals surface area contributed by atoms with E-state index in [2.05, 4.69) is 68.0 Å². The zero-order chi connectivity index (χ0) is 22.1. The van der Waals surface area contributed by atoms with E-state index in [9.17, 15) is 4.79 Å². The molecule has 10 heteroatoms. The molecule has 0 saturated carbocycles. The van der Waals surface area contributed by atoms with E-state index in [4.69, 9.17) is 27.8 Å². The van der Waals surface area contributed by atoms with Crippen LogP contribution in [0.15, 0.2) is 35.0 Å². The minimum atomic E-state index is -0.707. The highest BCUT2D eigenvalue weighted by atomic mass is 35.5. The van der Waals surface area contributed by atoms with Crippen LogP contribution < -0.4 is 16.0 Å². The van der Waals surface area contributed by atoms with E-state index in [1.54, 1.807) is 11.3 Å². The van der Waals surface area contributed by atoms with Gasteiger partial charge in [0.1, 0.15) is 0 Å². The Morgan fingerprint density at radius 3 is 2.68 bits per heavy atom. The summed E-state index contributed by atoms with van der Waals surface area (Å²) in [6, 6.07) is 8.48. The van der Waals surface area contributed by atoms with Crippen LogP contribution in [-0.2, 0) is 24.4 Å². The average molecular weight is 458 g/mol. The van der Waals surface area contributed by atoms with E-state index in [0.29, 0.717) is 0 Å². The zero-order valence-corrected chi connectivity index (χ0v) is 18.7. The van der Waals surface area contributed by atoms with Crippen molar-refractivity contribution in [2.45, 2.75) is 33.5 Å². The predicted octanol–water partition coefficient (Wildman–Crippen LogP) is 3.66. The number of carbonyl (C=O) groups is 1. The summed E-state index contributed by atoms with van der Waals surface area (Å²) in [5, 5.41) is 4.10. The molecule has 31 heavy (non-hydrogen) atoms. The van der Waals surface area contributed by atoms with Gasteiger partial charge in [0.05, 0.1) is 13.1 Å². The number of hydrogen-bond acceptors (Lipinski definition) is 7. The molecule has 0 atom stereocenters. The van der Waals surface area contributed by atoms with Gasteiger partial charge in [-0.05, 0) is 60.0 Å². The fourth-order valence-corrected chi connectivity index (χ4v) is 4.44. The Bertz CT molecular complexity index is 1270. The molecule has 3 heterocycles. The quantitative estimate of drug-likeness (QED) is 0.337. The number of anilines is 2. The molecule has 4 rings (SSSR count).